The number of carboxylic acids is 3. The lowest BCUT2D eigenvalue weighted by Gasteiger charge is -2.24. The van der Waals surface area contributed by atoms with Crippen LogP contribution in [0.5, 0.6) is 0 Å². The van der Waals surface area contributed by atoms with Gasteiger partial charge in [0.25, 0.3) is 0 Å². The Morgan fingerprint density at radius 3 is 1.45 bits per heavy atom. The van der Waals surface area contributed by atoms with E-state index in [-0.39, 0.29) is 26.3 Å². The summed E-state index contributed by atoms with van der Waals surface area (Å²) in [6.07, 6.45) is 0. The minimum Gasteiger partial charge on any atom is -0.480 e. The smallest absolute Gasteiger partial charge is 0.317 e. The molecule has 6 N–H and O–H groups in total. The number of nitrogens with two attached hydrogens (primary N) is 1. The van der Waals surface area contributed by atoms with Gasteiger partial charge < -0.3 is 26.4 Å². The monoisotopic (exact) mass is 320 g/mol. The maximum Gasteiger partial charge on any atom is 0.317 e. The Morgan fingerprint density at radius 2 is 1.14 bits per heavy atom. The lowest BCUT2D eigenvalue weighted by Crippen LogP contribution is -2.45. The molecule has 22 heavy (non-hydrogen) atoms. The molecular weight excluding hydrogens is 300 g/mol. The maximum atomic E-state index is 11.4. The standard InChI is InChI=1S/C11H20N4O7/c12-7-13-8(16)3-14(4-9(17)18)1-2-15(5-10(19)20)6-11(21)22/h1-7,12H2,(H,13,16)(H,17,18)(H,19,20)(H,21,22). The molecule has 1 amide bonds. The molecule has 0 aromatic carbocycles. The van der Waals surface area contributed by atoms with Crippen LogP contribution < -0.4 is 11.1 Å². The summed E-state index contributed by atoms with van der Waals surface area (Å²) in [4.78, 5) is 45.8. The molecule has 0 aromatic heterocycles. The topological polar surface area (TPSA) is 173 Å². The number of carbonyl (C=O) groups excluding carboxylic acids is 1. The Morgan fingerprint density at radius 1 is 0.773 bits per heavy atom. The van der Waals surface area contributed by atoms with Crippen LogP contribution >= 0.6 is 0 Å². The maximum absolute atomic E-state index is 11.4. The number of hydrogen-bond donors (Lipinski definition) is 5. The van der Waals surface area contributed by atoms with Crippen LogP contribution in [0.15, 0.2) is 0 Å². The third-order valence-electron chi connectivity index (χ3n) is 2.48. The van der Waals surface area contributed by atoms with Crippen LogP contribution in [0.4, 0.5) is 0 Å². The van der Waals surface area contributed by atoms with E-state index in [2.05, 4.69) is 5.32 Å². The number of carboxylic acid groups (broad SMARTS) is 3. The summed E-state index contributed by atoms with van der Waals surface area (Å²) < 4.78 is 0. The molecule has 0 saturated carbocycles. The van der Waals surface area contributed by atoms with Gasteiger partial charge >= 0.3 is 17.9 Å². The van der Waals surface area contributed by atoms with E-state index in [9.17, 15) is 19.2 Å². The fourth-order valence-electron chi connectivity index (χ4n) is 1.66. The zero-order valence-electron chi connectivity index (χ0n) is 11.9. The second-order valence-corrected chi connectivity index (χ2v) is 4.41. The first-order valence-corrected chi connectivity index (χ1v) is 6.31. The molecule has 11 nitrogen and oxygen atoms in total. The second-order valence-electron chi connectivity index (χ2n) is 4.41. The first-order valence-electron chi connectivity index (χ1n) is 6.31. The van der Waals surface area contributed by atoms with E-state index in [1.807, 2.05) is 0 Å². The molecule has 0 aliphatic rings. The molecular formula is C11H20N4O7. The fraction of sp³-hybridized carbons (Fsp3) is 0.636. The number of aliphatic carboxylic acids is 3. The van der Waals surface area contributed by atoms with E-state index in [0.717, 1.165) is 4.90 Å². The van der Waals surface area contributed by atoms with Gasteiger partial charge in [-0.25, -0.2) is 0 Å². The normalized spacial score (nSPS) is 10.7. The summed E-state index contributed by atoms with van der Waals surface area (Å²) in [7, 11) is 0. The van der Waals surface area contributed by atoms with Crippen LogP contribution in [0, 0.1) is 0 Å². The van der Waals surface area contributed by atoms with Gasteiger partial charge in [-0.2, -0.15) is 0 Å². The zero-order chi connectivity index (χ0) is 17.1. The van der Waals surface area contributed by atoms with Crippen molar-refractivity contribution in [3.05, 3.63) is 0 Å². The van der Waals surface area contributed by atoms with Crippen LogP contribution in [0.1, 0.15) is 0 Å². The van der Waals surface area contributed by atoms with Crippen molar-refractivity contribution in [2.75, 3.05) is 45.9 Å². The highest BCUT2D eigenvalue weighted by Gasteiger charge is 2.18. The Labute approximate surface area is 126 Å². The highest BCUT2D eigenvalue weighted by molar-refractivity contribution is 5.79. The van der Waals surface area contributed by atoms with E-state index in [1.165, 1.54) is 4.90 Å². The van der Waals surface area contributed by atoms with Gasteiger partial charge in [0.1, 0.15) is 0 Å². The first kappa shape index (κ1) is 19.8. The molecule has 0 bridgehead atoms. The first-order chi connectivity index (χ1) is 10.2. The number of hydrogen-bond acceptors (Lipinski definition) is 7. The highest BCUT2D eigenvalue weighted by atomic mass is 16.4. The molecule has 11 heteroatoms. The Balaban J connectivity index is 4.59. The van der Waals surface area contributed by atoms with E-state index in [1.54, 1.807) is 0 Å². The van der Waals surface area contributed by atoms with Crippen LogP contribution in [-0.4, -0.2) is 94.9 Å². The number of nitrogens with one attached hydrogen (secondary N) is 1. The van der Waals surface area contributed by atoms with Crippen LogP contribution in [0.25, 0.3) is 0 Å². The van der Waals surface area contributed by atoms with Crippen molar-refractivity contribution in [1.29, 1.82) is 0 Å². The average molecular weight is 320 g/mol. The van der Waals surface area contributed by atoms with Crippen molar-refractivity contribution >= 4 is 23.8 Å². The van der Waals surface area contributed by atoms with Crippen LogP contribution in [0.3, 0.4) is 0 Å². The van der Waals surface area contributed by atoms with Crippen LogP contribution in [-0.2, 0) is 19.2 Å². The zero-order valence-corrected chi connectivity index (χ0v) is 11.9. The molecule has 0 radical (unpaired) electrons. The van der Waals surface area contributed by atoms with Crippen LogP contribution in [0.2, 0.25) is 0 Å². The van der Waals surface area contributed by atoms with E-state index in [0.29, 0.717) is 0 Å². The van der Waals surface area contributed by atoms with Gasteiger partial charge in [-0.3, -0.25) is 29.0 Å². The average Bonchev–Trinajstić information content (AvgIpc) is 2.33. The molecule has 126 valence electrons. The molecule has 0 aromatic rings. The SMILES string of the molecule is NCNC(=O)CN(CCN(CC(=O)O)CC(=O)O)CC(=O)O. The number of carbonyl (C=O) groups is 4. The van der Waals surface area contributed by atoms with Gasteiger partial charge in [0, 0.05) is 13.1 Å². The second kappa shape index (κ2) is 10.5. The molecule has 0 fully saturated rings. The molecule has 0 aliphatic heterocycles. The van der Waals surface area contributed by atoms with E-state index in [4.69, 9.17) is 21.1 Å². The van der Waals surface area contributed by atoms with Gasteiger partial charge in [0.2, 0.25) is 5.91 Å². The van der Waals surface area contributed by atoms with Gasteiger partial charge in [0.05, 0.1) is 32.8 Å². The van der Waals surface area contributed by atoms with Crippen molar-refractivity contribution in [2.24, 2.45) is 5.73 Å². The van der Waals surface area contributed by atoms with Crippen molar-refractivity contribution in [1.82, 2.24) is 15.1 Å². The number of rotatable bonds is 12. The minimum absolute atomic E-state index is 0.0121. The summed E-state index contributed by atoms with van der Waals surface area (Å²) in [5.74, 6) is -4.05. The predicted octanol–water partition coefficient (Wildman–Crippen LogP) is -3.12. The largest absolute Gasteiger partial charge is 0.480 e. The molecule has 0 saturated heterocycles. The number of nitrogens with zero attached hydrogens (tertiary/aromatic N) is 2. The molecule has 0 rings (SSSR count). The third-order valence-corrected chi connectivity index (χ3v) is 2.48. The molecule has 0 aliphatic carbocycles. The Kier molecular flexibility index (Phi) is 9.41. The number of amides is 1. The summed E-state index contributed by atoms with van der Waals surface area (Å²) in [6, 6.07) is 0. The van der Waals surface area contributed by atoms with Gasteiger partial charge in [-0.15, -0.1) is 0 Å². The van der Waals surface area contributed by atoms with Gasteiger partial charge in [-0.1, -0.05) is 0 Å². The lowest BCUT2D eigenvalue weighted by atomic mass is 10.3. The molecule has 0 spiro atoms. The van der Waals surface area contributed by atoms with Crippen molar-refractivity contribution in [3.8, 4) is 0 Å². The van der Waals surface area contributed by atoms with E-state index >= 15 is 0 Å². The summed E-state index contributed by atoms with van der Waals surface area (Å²) in [6.45, 7) is -1.76. The highest BCUT2D eigenvalue weighted by Crippen LogP contribution is 1.94. The van der Waals surface area contributed by atoms with E-state index < -0.39 is 43.4 Å². The quantitative estimate of drug-likeness (QED) is 0.231. The molecule has 0 unspecified atom stereocenters. The summed E-state index contributed by atoms with van der Waals surface area (Å²) in [5, 5.41) is 28.5. The Bertz CT molecular complexity index is 399. The molecule has 0 atom stereocenters. The third kappa shape index (κ3) is 10.5. The lowest BCUT2D eigenvalue weighted by molar-refractivity contribution is -0.143. The fourth-order valence-corrected chi connectivity index (χ4v) is 1.66. The van der Waals surface area contributed by atoms with Gasteiger partial charge in [-0.05, 0) is 0 Å². The van der Waals surface area contributed by atoms with Crippen molar-refractivity contribution < 1.29 is 34.5 Å². The summed E-state index contributed by atoms with van der Waals surface area (Å²) >= 11 is 0. The summed E-state index contributed by atoms with van der Waals surface area (Å²) in [5.41, 5.74) is 5.13. The molecule has 0 heterocycles. The minimum atomic E-state index is -1.20. The van der Waals surface area contributed by atoms with Gasteiger partial charge in [0.15, 0.2) is 0 Å². The predicted molar refractivity (Wildman–Crippen MR) is 73.0 cm³/mol. The van der Waals surface area contributed by atoms with Crippen molar-refractivity contribution in [3.63, 3.8) is 0 Å². The van der Waals surface area contributed by atoms with Crippen molar-refractivity contribution in [2.45, 2.75) is 0 Å². The Hall–Kier alpha value is -2.24.